The molecule has 0 bridgehead atoms. The van der Waals surface area contributed by atoms with Crippen molar-refractivity contribution in [3.05, 3.63) is 23.8 Å². The van der Waals surface area contributed by atoms with Crippen molar-refractivity contribution in [3.8, 4) is 0 Å². The van der Waals surface area contributed by atoms with Crippen LogP contribution in [0.5, 0.6) is 0 Å². The van der Waals surface area contributed by atoms with E-state index in [1.807, 2.05) is 20.8 Å². The van der Waals surface area contributed by atoms with Gasteiger partial charge in [0.25, 0.3) is 0 Å². The van der Waals surface area contributed by atoms with Crippen molar-refractivity contribution in [3.63, 3.8) is 0 Å². The molecule has 4 aliphatic carbocycles. The molecule has 0 radical (unpaired) electrons. The van der Waals surface area contributed by atoms with Crippen LogP contribution in [0.3, 0.4) is 0 Å². The Morgan fingerprint density at radius 1 is 1.31 bits per heavy atom. The molecular formula is C24H34NO9P. The molecule has 0 aromatic rings. The predicted octanol–water partition coefficient (Wildman–Crippen LogP) is 2.96. The number of phosphoric ester groups is 1. The first-order valence-electron chi connectivity index (χ1n) is 11.9. The summed E-state index contributed by atoms with van der Waals surface area (Å²) in [6.07, 6.45) is 5.79. The van der Waals surface area contributed by atoms with E-state index in [-0.39, 0.29) is 36.4 Å². The molecule has 3 fully saturated rings. The Bertz CT molecular complexity index is 1060. The van der Waals surface area contributed by atoms with Gasteiger partial charge in [0.15, 0.2) is 11.6 Å². The van der Waals surface area contributed by atoms with Crippen LogP contribution in [0, 0.1) is 34.5 Å². The fourth-order valence-electron chi connectivity index (χ4n) is 8.10. The van der Waals surface area contributed by atoms with E-state index in [0.717, 1.165) is 5.57 Å². The number of Topliss-reactive ketones (excluding diaryl/α,β-unsaturated/α-hetero) is 1. The van der Waals surface area contributed by atoms with E-state index in [9.17, 15) is 23.8 Å². The van der Waals surface area contributed by atoms with Crippen molar-refractivity contribution in [1.29, 1.82) is 0 Å². The predicted molar refractivity (Wildman–Crippen MR) is 124 cm³/mol. The van der Waals surface area contributed by atoms with Gasteiger partial charge in [0, 0.05) is 29.7 Å². The third-order valence-electron chi connectivity index (χ3n) is 9.14. The maximum atomic E-state index is 13.3. The molecule has 3 saturated carbocycles. The number of rotatable bonds is 6. The monoisotopic (exact) mass is 511 g/mol. The summed E-state index contributed by atoms with van der Waals surface area (Å²) in [6.45, 7) is 6.73. The second-order valence-corrected chi connectivity index (χ2v) is 12.5. The second kappa shape index (κ2) is 8.71. The third-order valence-corrected chi connectivity index (χ3v) is 9.88. The van der Waals surface area contributed by atoms with Crippen molar-refractivity contribution < 1.29 is 43.0 Å². The third kappa shape index (κ3) is 4.18. The minimum Gasteiger partial charge on any atom is -0.458 e. The van der Waals surface area contributed by atoms with Crippen LogP contribution in [-0.4, -0.2) is 45.9 Å². The number of allylic oxidation sites excluding steroid dienone is 4. The highest BCUT2D eigenvalue weighted by atomic mass is 31.2. The zero-order valence-electron chi connectivity index (χ0n) is 20.4. The Morgan fingerprint density at radius 2 is 2.00 bits per heavy atom. The van der Waals surface area contributed by atoms with Crippen molar-refractivity contribution in [2.45, 2.75) is 65.0 Å². The van der Waals surface area contributed by atoms with E-state index in [1.54, 1.807) is 12.2 Å². The van der Waals surface area contributed by atoms with Gasteiger partial charge in [0.1, 0.15) is 6.61 Å². The number of esters is 1. The topological polar surface area (TPSA) is 162 Å². The molecule has 4 N–H and O–H groups in total. The van der Waals surface area contributed by atoms with Crippen LogP contribution in [0.2, 0.25) is 0 Å². The minimum atomic E-state index is -4.84. The highest BCUT2D eigenvalue weighted by Gasteiger charge is 2.70. The zero-order valence-corrected chi connectivity index (χ0v) is 21.3. The van der Waals surface area contributed by atoms with Crippen LogP contribution in [0.15, 0.2) is 23.8 Å². The average Bonchev–Trinajstić information content (AvgIpc) is 3.03. The van der Waals surface area contributed by atoms with Gasteiger partial charge in [-0.1, -0.05) is 32.4 Å². The van der Waals surface area contributed by atoms with E-state index in [4.69, 9.17) is 20.3 Å². The molecular weight excluding hydrogens is 477 g/mol. The Morgan fingerprint density at radius 3 is 2.63 bits per heavy atom. The molecule has 9 atom stereocenters. The smallest absolute Gasteiger partial charge is 0.458 e. The summed E-state index contributed by atoms with van der Waals surface area (Å²) in [5.74, 6) is -2.16. The molecule has 8 unspecified atom stereocenters. The lowest BCUT2D eigenvalue weighted by Gasteiger charge is -2.64. The Hall–Kier alpha value is -1.68. The normalized spacial score (nSPS) is 43.9. The van der Waals surface area contributed by atoms with Gasteiger partial charge in [0.05, 0.1) is 6.10 Å². The van der Waals surface area contributed by atoms with Crippen molar-refractivity contribution in [1.82, 2.24) is 0 Å². The molecule has 4 rings (SSSR count). The number of fused-ring (bicyclic) bond motifs is 5. The molecule has 0 aliphatic heterocycles. The molecule has 0 heterocycles. The largest absolute Gasteiger partial charge is 0.499 e. The van der Waals surface area contributed by atoms with E-state index in [0.29, 0.717) is 19.3 Å². The number of nitrogens with two attached hydrogens (primary N) is 1. The Labute approximate surface area is 204 Å². The number of hydrogen-bond acceptors (Lipinski definition) is 9. The van der Waals surface area contributed by atoms with Crippen LogP contribution in [-0.2, 0) is 32.9 Å². The molecule has 0 amide bonds. The molecule has 194 valence electrons. The standard InChI is InChI=1S/C24H34NO9P/c1-13-9-19-23(4,20(13)17(28)12-32-14(2)26)11-18(33-35(30,31)34-29)21-22(3)7-6-16(27)10-15(22)5-8-24(19,21)25/h6-7,10,13,18-21,29H,5,8-9,11-12,25H2,1-4H3,(H,30,31)/t13?,18?,19-,20?,21?,22?,23?,24?/m1/s1. The summed E-state index contributed by atoms with van der Waals surface area (Å²) in [6, 6.07) is 0. The average molecular weight is 512 g/mol. The first-order chi connectivity index (χ1) is 16.2. The van der Waals surface area contributed by atoms with E-state index < -0.39 is 48.1 Å². The van der Waals surface area contributed by atoms with Crippen LogP contribution in [0.4, 0.5) is 0 Å². The fraction of sp³-hybridized carbons (Fsp3) is 0.708. The molecule has 0 saturated heterocycles. The van der Waals surface area contributed by atoms with E-state index >= 15 is 0 Å². The second-order valence-electron chi connectivity index (χ2n) is 11.2. The molecule has 35 heavy (non-hydrogen) atoms. The molecule has 0 aromatic heterocycles. The zero-order chi connectivity index (χ0) is 26.0. The molecule has 10 nitrogen and oxygen atoms in total. The Balaban J connectivity index is 1.81. The first kappa shape index (κ1) is 26.4. The summed E-state index contributed by atoms with van der Waals surface area (Å²) in [5, 5.41) is 9.03. The summed E-state index contributed by atoms with van der Waals surface area (Å²) in [4.78, 5) is 46.8. The molecule has 4 aliphatic rings. The molecule has 0 spiro atoms. The van der Waals surface area contributed by atoms with E-state index in [2.05, 4.69) is 4.67 Å². The number of carbonyl (C=O) groups excluding carboxylic acids is 3. The van der Waals surface area contributed by atoms with Gasteiger partial charge < -0.3 is 15.4 Å². The van der Waals surface area contributed by atoms with Gasteiger partial charge in [-0.05, 0) is 55.1 Å². The van der Waals surface area contributed by atoms with Gasteiger partial charge >= 0.3 is 13.8 Å². The number of ether oxygens (including phenoxy) is 1. The van der Waals surface area contributed by atoms with Crippen molar-refractivity contribution >= 4 is 25.4 Å². The summed E-state index contributed by atoms with van der Waals surface area (Å²) < 4.78 is 26.7. The lowest BCUT2D eigenvalue weighted by atomic mass is 9.43. The van der Waals surface area contributed by atoms with Gasteiger partial charge in [0.2, 0.25) is 0 Å². The summed E-state index contributed by atoms with van der Waals surface area (Å²) >= 11 is 0. The number of hydrogen-bond donors (Lipinski definition) is 3. The van der Waals surface area contributed by atoms with Gasteiger partial charge in [-0.2, -0.15) is 0 Å². The van der Waals surface area contributed by atoms with Crippen LogP contribution in [0.25, 0.3) is 0 Å². The maximum absolute atomic E-state index is 13.3. The maximum Gasteiger partial charge on any atom is 0.499 e. The SMILES string of the molecule is CC(=O)OCC(=O)C1C(C)C[C@@H]2C1(C)CC(OP(=O)(O)OO)C1C3(C)C=CC(=O)C=C3CCC12N. The summed E-state index contributed by atoms with van der Waals surface area (Å²) in [5.41, 5.74) is 5.77. The quantitative estimate of drug-likeness (QED) is 0.209. The lowest BCUT2D eigenvalue weighted by molar-refractivity contribution is -0.182. The number of carbonyl (C=O) groups is 3. The van der Waals surface area contributed by atoms with Crippen LogP contribution in [0.1, 0.15) is 53.4 Å². The Kier molecular flexibility index (Phi) is 6.57. The fourth-order valence-corrected chi connectivity index (χ4v) is 8.68. The highest BCUT2D eigenvalue weighted by molar-refractivity contribution is 7.47. The van der Waals surface area contributed by atoms with Crippen LogP contribution < -0.4 is 5.73 Å². The number of phosphoric acid groups is 1. The van der Waals surface area contributed by atoms with Gasteiger partial charge in [-0.25, -0.2) is 9.82 Å². The number of ketones is 2. The van der Waals surface area contributed by atoms with E-state index in [1.165, 1.54) is 13.0 Å². The van der Waals surface area contributed by atoms with Crippen molar-refractivity contribution in [2.24, 2.45) is 40.2 Å². The molecule has 11 heteroatoms. The van der Waals surface area contributed by atoms with Crippen molar-refractivity contribution in [2.75, 3.05) is 6.61 Å². The summed E-state index contributed by atoms with van der Waals surface area (Å²) in [7, 11) is -4.84. The first-order valence-corrected chi connectivity index (χ1v) is 13.4. The van der Waals surface area contributed by atoms with Gasteiger partial charge in [-0.15, -0.1) is 4.67 Å². The van der Waals surface area contributed by atoms with Crippen LogP contribution >= 0.6 is 7.82 Å². The molecule has 0 aromatic carbocycles. The highest BCUT2D eigenvalue weighted by Crippen LogP contribution is 2.69. The minimum absolute atomic E-state index is 0.0730. The lowest BCUT2D eigenvalue weighted by Crippen LogP contribution is -2.70. The van der Waals surface area contributed by atoms with Gasteiger partial charge in [-0.3, -0.25) is 18.9 Å².